The van der Waals surface area contributed by atoms with Gasteiger partial charge in [-0.2, -0.15) is 4.98 Å². The first kappa shape index (κ1) is 19.6. The molecule has 1 aromatic carbocycles. The summed E-state index contributed by atoms with van der Waals surface area (Å²) in [5.74, 6) is 2.20. The predicted octanol–water partition coefficient (Wildman–Crippen LogP) is 4.82. The number of benzene rings is 1. The summed E-state index contributed by atoms with van der Waals surface area (Å²) in [5, 5.41) is 16.3. The SMILES string of the molecule is CC(C)[C@H](CO)Nc1nc(Nc2ccc(C(C)(C)C)cc2)cc(C2CC2)n1. The van der Waals surface area contributed by atoms with Crippen LogP contribution in [0.2, 0.25) is 0 Å². The minimum atomic E-state index is -0.0571. The molecule has 1 heterocycles. The minimum absolute atomic E-state index is 0.0571. The maximum atomic E-state index is 9.61. The molecule has 1 aliphatic rings. The summed E-state index contributed by atoms with van der Waals surface area (Å²) in [6.07, 6.45) is 2.37. The van der Waals surface area contributed by atoms with Crippen LogP contribution in [0.15, 0.2) is 30.3 Å². The van der Waals surface area contributed by atoms with Crippen LogP contribution >= 0.6 is 0 Å². The van der Waals surface area contributed by atoms with E-state index < -0.39 is 0 Å². The summed E-state index contributed by atoms with van der Waals surface area (Å²) in [7, 11) is 0. The van der Waals surface area contributed by atoms with Gasteiger partial charge >= 0.3 is 0 Å². The highest BCUT2D eigenvalue weighted by Crippen LogP contribution is 2.40. The standard InChI is InChI=1S/C22H32N4O/c1-14(2)19(13-27)25-21-24-18(15-6-7-15)12-20(26-21)23-17-10-8-16(9-11-17)22(3,4)5/h8-12,14-15,19,27H,6-7,13H2,1-5H3,(H2,23,24,25,26)/t19-/m0/s1. The largest absolute Gasteiger partial charge is 0.394 e. The van der Waals surface area contributed by atoms with Crippen molar-refractivity contribution in [2.75, 3.05) is 17.2 Å². The number of hydrogen-bond acceptors (Lipinski definition) is 5. The number of nitrogens with one attached hydrogen (secondary N) is 2. The molecule has 5 nitrogen and oxygen atoms in total. The van der Waals surface area contributed by atoms with Crippen LogP contribution in [0, 0.1) is 5.92 Å². The molecule has 0 amide bonds. The lowest BCUT2D eigenvalue weighted by molar-refractivity contribution is 0.248. The van der Waals surface area contributed by atoms with Crippen LogP contribution in [-0.2, 0) is 5.41 Å². The lowest BCUT2D eigenvalue weighted by atomic mass is 9.87. The van der Waals surface area contributed by atoms with Crippen LogP contribution in [0.4, 0.5) is 17.5 Å². The van der Waals surface area contributed by atoms with Gasteiger partial charge in [0.25, 0.3) is 0 Å². The number of rotatable bonds is 7. The van der Waals surface area contributed by atoms with Crippen LogP contribution in [0.5, 0.6) is 0 Å². The average Bonchev–Trinajstić information content (AvgIpc) is 3.44. The van der Waals surface area contributed by atoms with Gasteiger partial charge in [-0.1, -0.05) is 46.8 Å². The third-order valence-electron chi connectivity index (χ3n) is 5.08. The molecule has 1 atom stereocenters. The molecule has 1 saturated carbocycles. The van der Waals surface area contributed by atoms with E-state index in [4.69, 9.17) is 0 Å². The molecule has 2 aromatic rings. The van der Waals surface area contributed by atoms with Gasteiger partial charge in [-0.3, -0.25) is 0 Å². The van der Waals surface area contributed by atoms with Crippen molar-refractivity contribution in [1.82, 2.24) is 9.97 Å². The molecule has 5 heteroatoms. The Morgan fingerprint density at radius 1 is 1.11 bits per heavy atom. The molecule has 1 aromatic heterocycles. The van der Waals surface area contributed by atoms with Gasteiger partial charge in [0, 0.05) is 17.7 Å². The highest BCUT2D eigenvalue weighted by Gasteiger charge is 2.26. The molecule has 0 aliphatic heterocycles. The number of aliphatic hydroxyl groups excluding tert-OH is 1. The van der Waals surface area contributed by atoms with Gasteiger partial charge in [0.2, 0.25) is 5.95 Å². The lowest BCUT2D eigenvalue weighted by Gasteiger charge is -2.21. The van der Waals surface area contributed by atoms with Crippen molar-refractivity contribution in [2.45, 2.75) is 64.8 Å². The van der Waals surface area contributed by atoms with Crippen molar-refractivity contribution < 1.29 is 5.11 Å². The molecule has 3 rings (SSSR count). The topological polar surface area (TPSA) is 70.1 Å². The maximum Gasteiger partial charge on any atom is 0.225 e. The second kappa shape index (κ2) is 7.85. The molecule has 0 unspecified atom stereocenters. The summed E-state index contributed by atoms with van der Waals surface area (Å²) >= 11 is 0. The second-order valence-corrected chi connectivity index (χ2v) is 8.91. The van der Waals surface area contributed by atoms with Crippen molar-refractivity contribution >= 4 is 17.5 Å². The molecule has 0 bridgehead atoms. The zero-order valence-electron chi connectivity index (χ0n) is 17.1. The van der Waals surface area contributed by atoms with Gasteiger partial charge in [0.05, 0.1) is 18.3 Å². The van der Waals surface area contributed by atoms with Crippen molar-refractivity contribution in [3.05, 3.63) is 41.6 Å². The smallest absolute Gasteiger partial charge is 0.225 e. The first-order valence-corrected chi connectivity index (χ1v) is 9.90. The van der Waals surface area contributed by atoms with E-state index in [9.17, 15) is 5.11 Å². The van der Waals surface area contributed by atoms with E-state index >= 15 is 0 Å². The first-order valence-electron chi connectivity index (χ1n) is 9.90. The van der Waals surface area contributed by atoms with Crippen molar-refractivity contribution in [3.63, 3.8) is 0 Å². The Hall–Kier alpha value is -2.14. The average molecular weight is 369 g/mol. The molecule has 0 radical (unpaired) electrons. The van der Waals surface area contributed by atoms with E-state index in [1.807, 2.05) is 6.07 Å². The van der Waals surface area contributed by atoms with E-state index in [0.717, 1.165) is 17.2 Å². The normalized spacial score (nSPS) is 15.7. The van der Waals surface area contributed by atoms with Crippen molar-refractivity contribution in [3.8, 4) is 0 Å². The Bertz CT molecular complexity index is 761. The Labute approximate surface area is 162 Å². The van der Waals surface area contributed by atoms with Gasteiger partial charge in [0.15, 0.2) is 0 Å². The number of aromatic nitrogens is 2. The summed E-state index contributed by atoms with van der Waals surface area (Å²) in [5.41, 5.74) is 3.53. The van der Waals surface area contributed by atoms with Gasteiger partial charge < -0.3 is 15.7 Å². The highest BCUT2D eigenvalue weighted by atomic mass is 16.3. The first-order chi connectivity index (χ1) is 12.8. The molecule has 0 saturated heterocycles. The number of nitrogens with zero attached hydrogens (tertiary/aromatic N) is 2. The van der Waals surface area contributed by atoms with Gasteiger partial charge in [-0.05, 0) is 41.9 Å². The predicted molar refractivity (Wildman–Crippen MR) is 112 cm³/mol. The number of aliphatic hydroxyl groups is 1. The molecule has 146 valence electrons. The number of hydrogen-bond donors (Lipinski definition) is 3. The van der Waals surface area contributed by atoms with Crippen LogP contribution < -0.4 is 10.6 Å². The molecule has 27 heavy (non-hydrogen) atoms. The van der Waals surface area contributed by atoms with E-state index in [1.165, 1.54) is 18.4 Å². The fraction of sp³-hybridized carbons (Fsp3) is 0.545. The monoisotopic (exact) mass is 368 g/mol. The van der Waals surface area contributed by atoms with Crippen LogP contribution in [-0.4, -0.2) is 27.7 Å². The van der Waals surface area contributed by atoms with Crippen molar-refractivity contribution in [1.29, 1.82) is 0 Å². The highest BCUT2D eigenvalue weighted by molar-refractivity contribution is 5.58. The number of anilines is 3. The summed E-state index contributed by atoms with van der Waals surface area (Å²) < 4.78 is 0. The Kier molecular flexibility index (Phi) is 5.70. The minimum Gasteiger partial charge on any atom is -0.394 e. The molecule has 1 fully saturated rings. The van der Waals surface area contributed by atoms with Gasteiger partial charge in [-0.25, -0.2) is 4.98 Å². The quantitative estimate of drug-likeness (QED) is 0.653. The summed E-state index contributed by atoms with van der Waals surface area (Å²) in [6, 6.07) is 10.5. The van der Waals surface area contributed by atoms with Gasteiger partial charge in [0.1, 0.15) is 5.82 Å². The molecule has 3 N–H and O–H groups in total. The van der Waals surface area contributed by atoms with Crippen molar-refractivity contribution in [2.24, 2.45) is 5.92 Å². The summed E-state index contributed by atoms with van der Waals surface area (Å²) in [6.45, 7) is 10.9. The zero-order chi connectivity index (χ0) is 19.6. The third-order valence-corrected chi connectivity index (χ3v) is 5.08. The lowest BCUT2D eigenvalue weighted by Crippen LogP contribution is -2.30. The molecular weight excluding hydrogens is 336 g/mol. The van der Waals surface area contributed by atoms with E-state index in [-0.39, 0.29) is 18.1 Å². The van der Waals surface area contributed by atoms with E-state index in [0.29, 0.717) is 17.8 Å². The maximum absolute atomic E-state index is 9.61. The van der Waals surface area contributed by atoms with Crippen LogP contribution in [0.3, 0.4) is 0 Å². The van der Waals surface area contributed by atoms with E-state index in [2.05, 4.69) is 79.5 Å². The second-order valence-electron chi connectivity index (χ2n) is 8.91. The fourth-order valence-electron chi connectivity index (χ4n) is 2.97. The van der Waals surface area contributed by atoms with Crippen LogP contribution in [0.25, 0.3) is 0 Å². The third kappa shape index (κ3) is 5.19. The molecule has 1 aliphatic carbocycles. The zero-order valence-corrected chi connectivity index (χ0v) is 17.1. The summed E-state index contributed by atoms with van der Waals surface area (Å²) in [4.78, 5) is 9.32. The van der Waals surface area contributed by atoms with Gasteiger partial charge in [-0.15, -0.1) is 0 Å². The molecule has 0 spiro atoms. The van der Waals surface area contributed by atoms with Crippen LogP contribution in [0.1, 0.15) is 64.6 Å². The molecular formula is C22H32N4O. The Morgan fingerprint density at radius 2 is 1.78 bits per heavy atom. The Morgan fingerprint density at radius 3 is 2.30 bits per heavy atom. The fourth-order valence-corrected chi connectivity index (χ4v) is 2.97. The van der Waals surface area contributed by atoms with E-state index in [1.54, 1.807) is 0 Å². The Balaban J connectivity index is 1.82.